The fourth-order valence-electron chi connectivity index (χ4n) is 4.15. The third kappa shape index (κ3) is 5.95. The first-order valence-corrected chi connectivity index (χ1v) is 11.8. The molecule has 0 bridgehead atoms. The van der Waals surface area contributed by atoms with E-state index in [1.165, 1.54) is 12.1 Å². The zero-order valence-corrected chi connectivity index (χ0v) is 20.1. The molecule has 0 unspecified atom stereocenters. The number of benzene rings is 2. The molecule has 4 rings (SSSR count). The Bertz CT molecular complexity index is 1240. The summed E-state index contributed by atoms with van der Waals surface area (Å²) < 4.78 is 70.5. The van der Waals surface area contributed by atoms with Gasteiger partial charge in [-0.05, 0) is 43.9 Å². The molecule has 1 fully saturated rings. The number of hydrogen-bond acceptors (Lipinski definition) is 4. The molecule has 1 aromatic heterocycles. The molecule has 2 aromatic carbocycles. The molecule has 1 aliphatic carbocycles. The molecule has 0 radical (unpaired) electrons. The first kappa shape index (κ1) is 26.3. The van der Waals surface area contributed by atoms with Crippen molar-refractivity contribution < 1.29 is 31.5 Å². The maximum atomic E-state index is 13.5. The fourth-order valence-corrected chi connectivity index (χ4v) is 4.71. The van der Waals surface area contributed by atoms with Crippen LogP contribution in [0.4, 0.5) is 33.6 Å². The zero-order valence-electron chi connectivity index (χ0n) is 18.6. The third-order valence-corrected chi connectivity index (χ3v) is 6.53. The van der Waals surface area contributed by atoms with Crippen molar-refractivity contribution in [3.63, 3.8) is 0 Å². The van der Waals surface area contributed by atoms with E-state index >= 15 is 0 Å². The van der Waals surface area contributed by atoms with Crippen LogP contribution < -0.4 is 15.4 Å². The number of carbonyl (C=O) groups excluding carboxylic acids is 1. The molecule has 1 aliphatic rings. The number of hydrogen-bond donors (Lipinski definition) is 3. The monoisotopic (exact) mass is 550 g/mol. The third-order valence-electron chi connectivity index (χ3n) is 5.94. The number of nitrogens with zero attached hydrogens (tertiary/aromatic N) is 1. The SMILES string of the molecule is O=C(NC1CCC(C(F)(F)F)CC1)c1cc2[nH]c(Nc3c(Cl)cc(F)cc3Cl)nc2cc1OCCF. The molecule has 194 valence electrons. The van der Waals surface area contributed by atoms with Gasteiger partial charge in [-0.3, -0.25) is 4.79 Å². The number of aromatic nitrogens is 2. The van der Waals surface area contributed by atoms with Crippen molar-refractivity contribution in [2.45, 2.75) is 37.9 Å². The molecule has 6 nitrogen and oxygen atoms in total. The predicted octanol–water partition coefficient (Wildman–Crippen LogP) is 6.95. The Morgan fingerprint density at radius 3 is 2.39 bits per heavy atom. The molecule has 0 spiro atoms. The van der Waals surface area contributed by atoms with Gasteiger partial charge in [-0.25, -0.2) is 13.8 Å². The minimum absolute atomic E-state index is 0.0211. The van der Waals surface area contributed by atoms with Crippen LogP contribution >= 0.6 is 23.2 Å². The highest BCUT2D eigenvalue weighted by molar-refractivity contribution is 6.39. The van der Waals surface area contributed by atoms with Crippen LogP contribution in [0.3, 0.4) is 0 Å². The van der Waals surface area contributed by atoms with Crippen molar-refractivity contribution in [2.75, 3.05) is 18.6 Å². The molecule has 0 atom stereocenters. The van der Waals surface area contributed by atoms with Crippen molar-refractivity contribution >= 4 is 51.8 Å². The number of carbonyl (C=O) groups is 1. The summed E-state index contributed by atoms with van der Waals surface area (Å²) in [7, 11) is 0. The lowest BCUT2D eigenvalue weighted by atomic mass is 9.85. The normalized spacial score (nSPS) is 18.3. The van der Waals surface area contributed by atoms with Crippen LogP contribution in [0.5, 0.6) is 5.75 Å². The maximum Gasteiger partial charge on any atom is 0.391 e. The first-order chi connectivity index (χ1) is 17.0. The standard InChI is InChI=1S/C23H21Cl2F5N4O2/c24-15-7-12(27)8-16(25)20(15)34-22-32-17-9-14(19(36-6-5-26)10-18(17)33-22)21(35)31-13-3-1-11(2-4-13)23(28,29)30/h7-11,13H,1-6H2,(H,31,35)(H2,32,33,34). The van der Waals surface area contributed by atoms with Gasteiger partial charge in [0, 0.05) is 12.1 Å². The summed E-state index contributed by atoms with van der Waals surface area (Å²) in [6.07, 6.45) is -4.00. The predicted molar refractivity (Wildman–Crippen MR) is 127 cm³/mol. The number of aromatic amines is 1. The van der Waals surface area contributed by atoms with Crippen molar-refractivity contribution in [2.24, 2.45) is 5.92 Å². The number of alkyl halides is 4. The number of fused-ring (bicyclic) bond motifs is 1. The number of ether oxygens (including phenoxy) is 1. The minimum atomic E-state index is -4.25. The maximum absolute atomic E-state index is 13.5. The van der Waals surface area contributed by atoms with Gasteiger partial charge in [0.15, 0.2) is 0 Å². The van der Waals surface area contributed by atoms with Gasteiger partial charge in [-0.15, -0.1) is 0 Å². The molecule has 1 heterocycles. The van der Waals surface area contributed by atoms with Crippen molar-refractivity contribution in [3.05, 3.63) is 45.7 Å². The van der Waals surface area contributed by atoms with Crippen LogP contribution in [0.1, 0.15) is 36.0 Å². The van der Waals surface area contributed by atoms with E-state index in [1.54, 1.807) is 0 Å². The van der Waals surface area contributed by atoms with Crippen LogP contribution in [0.15, 0.2) is 24.3 Å². The lowest BCUT2D eigenvalue weighted by molar-refractivity contribution is -0.182. The summed E-state index contributed by atoms with van der Waals surface area (Å²) in [5.74, 6) is -2.30. The Hall–Kier alpha value is -2.79. The summed E-state index contributed by atoms with van der Waals surface area (Å²) in [4.78, 5) is 20.3. The molecule has 3 aromatic rings. The quantitative estimate of drug-likeness (QED) is 0.278. The van der Waals surface area contributed by atoms with E-state index < -0.39 is 36.5 Å². The lowest BCUT2D eigenvalue weighted by Crippen LogP contribution is -2.40. The molecule has 36 heavy (non-hydrogen) atoms. The Labute approximate surface area is 212 Å². The minimum Gasteiger partial charge on any atom is -0.490 e. The number of halogens is 7. The molecule has 0 saturated heterocycles. The molecule has 13 heteroatoms. The average molecular weight is 551 g/mol. The van der Waals surface area contributed by atoms with Crippen LogP contribution in [-0.2, 0) is 0 Å². The van der Waals surface area contributed by atoms with Gasteiger partial charge in [0.2, 0.25) is 5.95 Å². The smallest absolute Gasteiger partial charge is 0.391 e. The summed E-state index contributed by atoms with van der Waals surface area (Å²) in [6.45, 7) is -1.10. The lowest BCUT2D eigenvalue weighted by Gasteiger charge is -2.30. The number of H-pyrrole nitrogens is 1. The van der Waals surface area contributed by atoms with Gasteiger partial charge in [-0.2, -0.15) is 13.2 Å². The topological polar surface area (TPSA) is 79.0 Å². The second kappa shape index (κ2) is 10.7. The molecule has 1 amide bonds. The van der Waals surface area contributed by atoms with Gasteiger partial charge in [0.05, 0.1) is 38.2 Å². The van der Waals surface area contributed by atoms with E-state index in [2.05, 4.69) is 20.6 Å². The first-order valence-electron chi connectivity index (χ1n) is 11.1. The molecule has 0 aliphatic heterocycles. The largest absolute Gasteiger partial charge is 0.490 e. The summed E-state index contributed by atoms with van der Waals surface area (Å²) in [5, 5.41) is 5.66. The second-order valence-electron chi connectivity index (χ2n) is 8.42. The van der Waals surface area contributed by atoms with Crippen LogP contribution in [0.2, 0.25) is 10.0 Å². The summed E-state index contributed by atoms with van der Waals surface area (Å²) in [6, 6.07) is 4.61. The highest BCUT2D eigenvalue weighted by Crippen LogP contribution is 2.38. The van der Waals surface area contributed by atoms with Gasteiger partial charge >= 0.3 is 6.18 Å². The van der Waals surface area contributed by atoms with Gasteiger partial charge in [-0.1, -0.05) is 23.2 Å². The van der Waals surface area contributed by atoms with Gasteiger partial charge in [0.25, 0.3) is 5.91 Å². The van der Waals surface area contributed by atoms with Crippen LogP contribution in [-0.4, -0.2) is 41.4 Å². The average Bonchev–Trinajstić information content (AvgIpc) is 3.20. The number of imidazole rings is 1. The van der Waals surface area contributed by atoms with E-state index in [1.807, 2.05) is 0 Å². The summed E-state index contributed by atoms with van der Waals surface area (Å²) >= 11 is 12.1. The van der Waals surface area contributed by atoms with Crippen molar-refractivity contribution in [1.29, 1.82) is 0 Å². The number of anilines is 2. The Morgan fingerprint density at radius 1 is 1.11 bits per heavy atom. The zero-order chi connectivity index (χ0) is 26.0. The van der Waals surface area contributed by atoms with E-state index in [0.29, 0.717) is 11.0 Å². The highest BCUT2D eigenvalue weighted by atomic mass is 35.5. The second-order valence-corrected chi connectivity index (χ2v) is 9.24. The number of amides is 1. The van der Waals surface area contributed by atoms with E-state index in [9.17, 15) is 26.7 Å². The molecular formula is C23H21Cl2F5N4O2. The van der Waals surface area contributed by atoms with Crippen LogP contribution in [0, 0.1) is 11.7 Å². The summed E-state index contributed by atoms with van der Waals surface area (Å²) in [5.41, 5.74) is 1.05. The van der Waals surface area contributed by atoms with E-state index in [-0.39, 0.29) is 65.3 Å². The molecular weight excluding hydrogens is 530 g/mol. The Kier molecular flexibility index (Phi) is 7.79. The number of rotatable bonds is 7. The van der Waals surface area contributed by atoms with Crippen molar-refractivity contribution in [3.8, 4) is 5.75 Å². The van der Waals surface area contributed by atoms with Gasteiger partial charge < -0.3 is 20.4 Å². The number of nitrogens with one attached hydrogen (secondary N) is 3. The fraction of sp³-hybridized carbons (Fsp3) is 0.391. The molecule has 1 saturated carbocycles. The highest BCUT2D eigenvalue weighted by Gasteiger charge is 2.41. The Morgan fingerprint density at radius 2 is 1.78 bits per heavy atom. The van der Waals surface area contributed by atoms with E-state index in [0.717, 1.165) is 12.1 Å². The van der Waals surface area contributed by atoms with Crippen molar-refractivity contribution in [1.82, 2.24) is 15.3 Å². The van der Waals surface area contributed by atoms with E-state index in [4.69, 9.17) is 27.9 Å². The van der Waals surface area contributed by atoms with Crippen LogP contribution in [0.25, 0.3) is 11.0 Å². The molecule has 3 N–H and O–H groups in total. The Balaban J connectivity index is 1.56. The van der Waals surface area contributed by atoms with Gasteiger partial charge in [0.1, 0.15) is 24.8 Å².